The monoisotopic (exact) mass is 357 g/mol. The van der Waals surface area contributed by atoms with E-state index < -0.39 is 19.3 Å². The Hall–Kier alpha value is 0.280. The van der Waals surface area contributed by atoms with E-state index in [0.717, 1.165) is 19.3 Å². The molecule has 2 aliphatic rings. The summed E-state index contributed by atoms with van der Waals surface area (Å²) >= 11 is 3.01. The fourth-order valence-corrected chi connectivity index (χ4v) is 4.60. The van der Waals surface area contributed by atoms with E-state index >= 15 is 0 Å². The zero-order chi connectivity index (χ0) is 14.1. The summed E-state index contributed by atoms with van der Waals surface area (Å²) < 4.78 is 43.1. The zero-order valence-corrected chi connectivity index (χ0v) is 13.5. The standard InChI is InChI=1S/C12H21BrFNO3S/c1-18-9-11(5-6-11)19(16,17)15-7-3-2-4-10-8-12(10,13)14/h10,15H,2-9H2,1H3. The molecule has 0 bridgehead atoms. The average molecular weight is 358 g/mol. The van der Waals surface area contributed by atoms with Crippen molar-refractivity contribution in [2.45, 2.75) is 47.8 Å². The van der Waals surface area contributed by atoms with Crippen molar-refractivity contribution in [3.05, 3.63) is 0 Å². The van der Waals surface area contributed by atoms with E-state index in [1.165, 1.54) is 7.11 Å². The van der Waals surface area contributed by atoms with Gasteiger partial charge in [-0.25, -0.2) is 17.5 Å². The van der Waals surface area contributed by atoms with Crippen molar-refractivity contribution >= 4 is 26.0 Å². The number of ether oxygens (including phenoxy) is 1. The van der Waals surface area contributed by atoms with Crippen LogP contribution < -0.4 is 4.72 Å². The van der Waals surface area contributed by atoms with Crippen molar-refractivity contribution < 1.29 is 17.5 Å². The second-order valence-electron chi connectivity index (χ2n) is 5.67. The van der Waals surface area contributed by atoms with Gasteiger partial charge in [0.25, 0.3) is 0 Å². The number of alkyl halides is 2. The maximum Gasteiger partial charge on any atom is 0.219 e. The third kappa shape index (κ3) is 3.68. The van der Waals surface area contributed by atoms with E-state index in [9.17, 15) is 12.8 Å². The molecular formula is C12H21BrFNO3S. The van der Waals surface area contributed by atoms with Crippen molar-refractivity contribution in [3.63, 3.8) is 0 Å². The lowest BCUT2D eigenvalue weighted by molar-refractivity contribution is 0.191. The van der Waals surface area contributed by atoms with E-state index in [4.69, 9.17) is 4.74 Å². The van der Waals surface area contributed by atoms with Gasteiger partial charge in [-0.15, -0.1) is 0 Å². The van der Waals surface area contributed by atoms with Crippen LogP contribution in [0.4, 0.5) is 4.39 Å². The lowest BCUT2D eigenvalue weighted by Crippen LogP contribution is -2.39. The number of hydrogen-bond acceptors (Lipinski definition) is 3. The van der Waals surface area contributed by atoms with Crippen LogP contribution in [0.3, 0.4) is 0 Å². The van der Waals surface area contributed by atoms with Crippen LogP contribution in [0.25, 0.3) is 0 Å². The number of sulfonamides is 1. The summed E-state index contributed by atoms with van der Waals surface area (Å²) in [6.07, 6.45) is 4.34. The Kier molecular flexibility index (Phi) is 4.60. The summed E-state index contributed by atoms with van der Waals surface area (Å²) in [6.45, 7) is 0.695. The first-order valence-corrected chi connectivity index (χ1v) is 8.97. The Labute approximate surface area is 122 Å². The lowest BCUT2D eigenvalue weighted by atomic mass is 10.2. The van der Waals surface area contributed by atoms with Crippen LogP contribution in [0.2, 0.25) is 0 Å². The van der Waals surface area contributed by atoms with Gasteiger partial charge in [-0.05, 0) is 48.0 Å². The molecule has 0 spiro atoms. The number of halogens is 2. The first-order valence-electron chi connectivity index (χ1n) is 6.69. The largest absolute Gasteiger partial charge is 0.383 e. The van der Waals surface area contributed by atoms with E-state index in [1.54, 1.807) is 0 Å². The molecule has 0 heterocycles. The molecule has 2 fully saturated rings. The van der Waals surface area contributed by atoms with Gasteiger partial charge >= 0.3 is 0 Å². The molecule has 0 aliphatic heterocycles. The van der Waals surface area contributed by atoms with Gasteiger partial charge in [-0.3, -0.25) is 0 Å². The van der Waals surface area contributed by atoms with Crippen molar-refractivity contribution in [3.8, 4) is 0 Å². The predicted octanol–water partition coefficient (Wildman–Crippen LogP) is 2.34. The highest BCUT2D eigenvalue weighted by Crippen LogP contribution is 2.54. The van der Waals surface area contributed by atoms with Gasteiger partial charge in [0.1, 0.15) is 4.75 Å². The van der Waals surface area contributed by atoms with Gasteiger partial charge in [-0.2, -0.15) is 0 Å². The molecule has 2 atom stereocenters. The van der Waals surface area contributed by atoms with Crippen LogP contribution >= 0.6 is 15.9 Å². The fraction of sp³-hybridized carbons (Fsp3) is 1.00. The molecule has 2 unspecified atom stereocenters. The number of hydrogen-bond donors (Lipinski definition) is 1. The number of methoxy groups -OCH3 is 1. The molecular weight excluding hydrogens is 337 g/mol. The third-order valence-electron chi connectivity index (χ3n) is 4.01. The van der Waals surface area contributed by atoms with Crippen molar-refractivity contribution in [1.29, 1.82) is 0 Å². The average Bonchev–Trinajstić information content (AvgIpc) is 3.18. The van der Waals surface area contributed by atoms with Crippen molar-refractivity contribution in [2.75, 3.05) is 20.3 Å². The van der Waals surface area contributed by atoms with Gasteiger partial charge < -0.3 is 4.74 Å². The van der Waals surface area contributed by atoms with Crippen LogP contribution in [-0.4, -0.2) is 38.0 Å². The molecule has 0 saturated heterocycles. The van der Waals surface area contributed by atoms with Crippen LogP contribution in [0.5, 0.6) is 0 Å². The maximum atomic E-state index is 13.2. The van der Waals surface area contributed by atoms with E-state index in [-0.39, 0.29) is 12.5 Å². The molecule has 0 aromatic rings. The molecule has 0 aromatic heterocycles. The van der Waals surface area contributed by atoms with E-state index in [1.807, 2.05) is 0 Å². The molecule has 19 heavy (non-hydrogen) atoms. The van der Waals surface area contributed by atoms with E-state index in [2.05, 4.69) is 20.7 Å². The first-order chi connectivity index (χ1) is 8.83. The normalized spacial score (nSPS) is 32.3. The van der Waals surface area contributed by atoms with Crippen LogP contribution in [0.1, 0.15) is 38.5 Å². The summed E-state index contributed by atoms with van der Waals surface area (Å²) in [6, 6.07) is 0. The maximum absolute atomic E-state index is 13.2. The third-order valence-corrected chi connectivity index (χ3v) is 7.23. The highest BCUT2D eigenvalue weighted by Gasteiger charge is 2.54. The minimum absolute atomic E-state index is 0.104. The van der Waals surface area contributed by atoms with Crippen molar-refractivity contribution in [1.82, 2.24) is 4.72 Å². The summed E-state index contributed by atoms with van der Waals surface area (Å²) in [4.78, 5) is 0. The lowest BCUT2D eigenvalue weighted by Gasteiger charge is -2.15. The zero-order valence-electron chi connectivity index (χ0n) is 11.1. The molecule has 112 valence electrons. The minimum Gasteiger partial charge on any atom is -0.383 e. The quantitative estimate of drug-likeness (QED) is 0.509. The van der Waals surface area contributed by atoms with E-state index in [0.29, 0.717) is 25.8 Å². The molecule has 2 rings (SSSR count). The number of nitrogens with one attached hydrogen (secondary N) is 1. The highest BCUT2D eigenvalue weighted by molar-refractivity contribution is 9.10. The SMILES string of the molecule is COCC1(S(=O)(=O)NCCCCC2CC2(F)Br)CC1. The summed E-state index contributed by atoms with van der Waals surface area (Å²) in [7, 11) is -1.75. The second-order valence-corrected chi connectivity index (χ2v) is 9.15. The molecule has 1 N–H and O–H groups in total. The number of unbranched alkanes of at least 4 members (excludes halogenated alkanes) is 1. The van der Waals surface area contributed by atoms with Gasteiger partial charge in [-0.1, -0.05) is 6.42 Å². The summed E-state index contributed by atoms with van der Waals surface area (Å²) in [5, 5.41) is 0. The Morgan fingerprint density at radius 1 is 1.42 bits per heavy atom. The Morgan fingerprint density at radius 2 is 2.05 bits per heavy atom. The Morgan fingerprint density at radius 3 is 2.53 bits per heavy atom. The smallest absolute Gasteiger partial charge is 0.219 e. The van der Waals surface area contributed by atoms with Gasteiger partial charge in [0.15, 0.2) is 4.58 Å². The molecule has 4 nitrogen and oxygen atoms in total. The summed E-state index contributed by atoms with van der Waals surface area (Å²) in [5.41, 5.74) is 0. The topological polar surface area (TPSA) is 55.4 Å². The second kappa shape index (κ2) is 5.58. The van der Waals surface area contributed by atoms with Gasteiger partial charge in [0.2, 0.25) is 10.0 Å². The van der Waals surface area contributed by atoms with Crippen LogP contribution in [-0.2, 0) is 14.8 Å². The van der Waals surface area contributed by atoms with Crippen LogP contribution in [0, 0.1) is 5.92 Å². The molecule has 0 amide bonds. The number of rotatable bonds is 9. The summed E-state index contributed by atoms with van der Waals surface area (Å²) in [5.74, 6) is 0.104. The molecule has 7 heteroatoms. The molecule has 2 aliphatic carbocycles. The molecule has 0 aromatic carbocycles. The first kappa shape index (κ1) is 15.7. The predicted molar refractivity (Wildman–Crippen MR) is 75.5 cm³/mol. The fourth-order valence-electron chi connectivity index (χ4n) is 2.35. The minimum atomic E-state index is -3.28. The van der Waals surface area contributed by atoms with Crippen LogP contribution in [0.15, 0.2) is 0 Å². The van der Waals surface area contributed by atoms with Gasteiger partial charge in [0.05, 0.1) is 6.61 Å². The van der Waals surface area contributed by atoms with Crippen molar-refractivity contribution in [2.24, 2.45) is 5.92 Å². The Balaban J connectivity index is 1.63. The molecule has 0 radical (unpaired) electrons. The Bertz CT molecular complexity index is 423. The highest BCUT2D eigenvalue weighted by atomic mass is 79.9. The van der Waals surface area contributed by atoms with Gasteiger partial charge in [0, 0.05) is 19.6 Å². The molecule has 2 saturated carbocycles.